The highest BCUT2D eigenvalue weighted by Gasteiger charge is 2.36. The molecule has 2 aromatic carbocycles. The fraction of sp³-hybridized carbons (Fsp3) is 0.435. The minimum atomic E-state index is -0.0617. The standard InChI is InChI=1S/C23H27NO3/c1-23(14-17-5-3-2-4-6-17)16-27-21-13-19(7-8-20(21)23)22(25)24-15-18-9-11-26-12-10-18/h2-8,13,18H,9-12,14-16H2,1H3,(H,24,25). The topological polar surface area (TPSA) is 47.6 Å². The Morgan fingerprint density at radius 2 is 1.93 bits per heavy atom. The summed E-state index contributed by atoms with van der Waals surface area (Å²) >= 11 is 0. The van der Waals surface area contributed by atoms with Gasteiger partial charge in [-0.05, 0) is 42.9 Å². The molecule has 0 radical (unpaired) electrons. The van der Waals surface area contributed by atoms with Crippen molar-refractivity contribution in [3.05, 3.63) is 65.2 Å². The van der Waals surface area contributed by atoms with Crippen LogP contribution < -0.4 is 10.1 Å². The Labute approximate surface area is 160 Å². The molecule has 0 aliphatic carbocycles. The predicted molar refractivity (Wildman–Crippen MR) is 105 cm³/mol. The molecule has 2 aliphatic heterocycles. The van der Waals surface area contributed by atoms with Crippen molar-refractivity contribution in [2.75, 3.05) is 26.4 Å². The predicted octanol–water partition coefficient (Wildman–Crippen LogP) is 3.74. The summed E-state index contributed by atoms with van der Waals surface area (Å²) in [6.45, 7) is 5.19. The summed E-state index contributed by atoms with van der Waals surface area (Å²) in [5.74, 6) is 1.33. The Balaban J connectivity index is 1.43. The maximum Gasteiger partial charge on any atom is 0.251 e. The summed E-state index contributed by atoms with van der Waals surface area (Å²) in [6.07, 6.45) is 2.97. The van der Waals surface area contributed by atoms with E-state index in [0.29, 0.717) is 24.6 Å². The van der Waals surface area contributed by atoms with Gasteiger partial charge in [-0.25, -0.2) is 0 Å². The van der Waals surface area contributed by atoms with Gasteiger partial charge in [-0.1, -0.05) is 43.3 Å². The number of carbonyl (C=O) groups excluding carboxylic acids is 1. The summed E-state index contributed by atoms with van der Waals surface area (Å²) in [4.78, 5) is 12.5. The number of rotatable bonds is 5. The van der Waals surface area contributed by atoms with Crippen LogP contribution in [-0.2, 0) is 16.6 Å². The normalized spacial score (nSPS) is 22.1. The van der Waals surface area contributed by atoms with Crippen LogP contribution in [0.3, 0.4) is 0 Å². The molecule has 4 rings (SSSR count). The van der Waals surface area contributed by atoms with Gasteiger partial charge in [0, 0.05) is 36.3 Å². The average molecular weight is 365 g/mol. The first-order chi connectivity index (χ1) is 13.1. The molecule has 1 fully saturated rings. The zero-order valence-electron chi connectivity index (χ0n) is 15.9. The van der Waals surface area contributed by atoms with E-state index >= 15 is 0 Å². The quantitative estimate of drug-likeness (QED) is 0.878. The first-order valence-electron chi connectivity index (χ1n) is 9.81. The van der Waals surface area contributed by atoms with E-state index < -0.39 is 0 Å². The summed E-state index contributed by atoms with van der Waals surface area (Å²) in [5.41, 5.74) is 3.10. The number of amides is 1. The van der Waals surface area contributed by atoms with Crippen molar-refractivity contribution in [2.45, 2.75) is 31.6 Å². The lowest BCUT2D eigenvalue weighted by Crippen LogP contribution is -2.32. The minimum Gasteiger partial charge on any atom is -0.492 e. The number of ether oxygens (including phenoxy) is 2. The minimum absolute atomic E-state index is 0.0236. The van der Waals surface area contributed by atoms with Crippen LogP contribution in [0.5, 0.6) is 5.75 Å². The molecule has 1 saturated heterocycles. The summed E-state index contributed by atoms with van der Waals surface area (Å²) < 4.78 is 11.3. The molecule has 2 aromatic rings. The van der Waals surface area contributed by atoms with E-state index in [1.54, 1.807) is 0 Å². The van der Waals surface area contributed by atoms with E-state index in [-0.39, 0.29) is 11.3 Å². The van der Waals surface area contributed by atoms with Crippen molar-refractivity contribution >= 4 is 5.91 Å². The van der Waals surface area contributed by atoms with E-state index in [9.17, 15) is 4.79 Å². The summed E-state index contributed by atoms with van der Waals surface area (Å²) in [6, 6.07) is 16.4. The first kappa shape index (κ1) is 18.1. The van der Waals surface area contributed by atoms with Crippen LogP contribution >= 0.6 is 0 Å². The Bertz CT molecular complexity index is 799. The molecular weight excluding hydrogens is 338 g/mol. The molecule has 142 valence electrons. The van der Waals surface area contributed by atoms with Crippen LogP contribution in [0.15, 0.2) is 48.5 Å². The Kier molecular flexibility index (Phi) is 5.17. The average Bonchev–Trinajstić information content (AvgIpc) is 3.03. The van der Waals surface area contributed by atoms with Gasteiger partial charge >= 0.3 is 0 Å². The molecule has 0 aromatic heterocycles. The van der Waals surface area contributed by atoms with Crippen LogP contribution in [0, 0.1) is 5.92 Å². The monoisotopic (exact) mass is 365 g/mol. The van der Waals surface area contributed by atoms with Crippen molar-refractivity contribution in [2.24, 2.45) is 5.92 Å². The third-order valence-corrected chi connectivity index (χ3v) is 5.77. The maximum absolute atomic E-state index is 12.5. The number of fused-ring (bicyclic) bond motifs is 1. The second-order valence-electron chi connectivity index (χ2n) is 7.99. The number of hydrogen-bond acceptors (Lipinski definition) is 3. The third-order valence-electron chi connectivity index (χ3n) is 5.77. The van der Waals surface area contributed by atoms with Crippen LogP contribution in [-0.4, -0.2) is 32.3 Å². The molecule has 27 heavy (non-hydrogen) atoms. The van der Waals surface area contributed by atoms with Crippen molar-refractivity contribution in [1.29, 1.82) is 0 Å². The van der Waals surface area contributed by atoms with Crippen molar-refractivity contribution < 1.29 is 14.3 Å². The lowest BCUT2D eigenvalue weighted by molar-refractivity contribution is 0.0642. The van der Waals surface area contributed by atoms with Crippen LogP contribution in [0.2, 0.25) is 0 Å². The van der Waals surface area contributed by atoms with Crippen molar-refractivity contribution in [3.63, 3.8) is 0 Å². The van der Waals surface area contributed by atoms with Gasteiger partial charge in [0.2, 0.25) is 0 Å². The zero-order valence-corrected chi connectivity index (χ0v) is 15.9. The highest BCUT2D eigenvalue weighted by molar-refractivity contribution is 5.94. The molecule has 0 bridgehead atoms. The van der Waals surface area contributed by atoms with Gasteiger partial charge in [0.05, 0.1) is 6.61 Å². The molecule has 1 atom stereocenters. The van der Waals surface area contributed by atoms with Gasteiger partial charge in [0.15, 0.2) is 0 Å². The molecule has 2 aliphatic rings. The molecule has 1 unspecified atom stereocenters. The molecule has 1 amide bonds. The van der Waals surface area contributed by atoms with Crippen LogP contribution in [0.1, 0.15) is 41.3 Å². The highest BCUT2D eigenvalue weighted by Crippen LogP contribution is 2.41. The van der Waals surface area contributed by atoms with E-state index in [1.807, 2.05) is 18.2 Å². The molecule has 4 nitrogen and oxygen atoms in total. The second kappa shape index (κ2) is 7.73. The van der Waals surface area contributed by atoms with Gasteiger partial charge < -0.3 is 14.8 Å². The summed E-state index contributed by atoms with van der Waals surface area (Å²) in [5, 5.41) is 3.07. The van der Waals surface area contributed by atoms with E-state index in [2.05, 4.69) is 42.6 Å². The van der Waals surface area contributed by atoms with Gasteiger partial charge in [0.1, 0.15) is 5.75 Å². The SMILES string of the molecule is CC1(Cc2ccccc2)COc2cc(C(=O)NCC3CCOCC3)ccc21. The highest BCUT2D eigenvalue weighted by atomic mass is 16.5. The molecular formula is C23H27NO3. The molecule has 0 spiro atoms. The molecule has 0 saturated carbocycles. The lowest BCUT2D eigenvalue weighted by Gasteiger charge is -2.23. The van der Waals surface area contributed by atoms with E-state index in [4.69, 9.17) is 9.47 Å². The summed E-state index contributed by atoms with van der Waals surface area (Å²) in [7, 11) is 0. The second-order valence-corrected chi connectivity index (χ2v) is 7.99. The van der Waals surface area contributed by atoms with Crippen molar-refractivity contribution in [3.8, 4) is 5.75 Å². The van der Waals surface area contributed by atoms with E-state index in [1.165, 1.54) is 11.1 Å². The van der Waals surface area contributed by atoms with Gasteiger partial charge in [0.25, 0.3) is 5.91 Å². The first-order valence-corrected chi connectivity index (χ1v) is 9.81. The van der Waals surface area contributed by atoms with Crippen molar-refractivity contribution in [1.82, 2.24) is 5.32 Å². The Hall–Kier alpha value is -2.33. The number of benzene rings is 2. The smallest absolute Gasteiger partial charge is 0.251 e. The number of hydrogen-bond donors (Lipinski definition) is 1. The molecule has 4 heteroatoms. The fourth-order valence-corrected chi connectivity index (χ4v) is 4.08. The largest absolute Gasteiger partial charge is 0.492 e. The van der Waals surface area contributed by atoms with Gasteiger partial charge in [-0.2, -0.15) is 0 Å². The Morgan fingerprint density at radius 3 is 2.70 bits per heavy atom. The third kappa shape index (κ3) is 4.01. The van der Waals surface area contributed by atoms with Crippen LogP contribution in [0.4, 0.5) is 0 Å². The fourth-order valence-electron chi connectivity index (χ4n) is 4.08. The van der Waals surface area contributed by atoms with E-state index in [0.717, 1.165) is 38.2 Å². The number of carbonyl (C=O) groups is 1. The van der Waals surface area contributed by atoms with Crippen LogP contribution in [0.25, 0.3) is 0 Å². The molecule has 1 N–H and O–H groups in total. The lowest BCUT2D eigenvalue weighted by atomic mass is 9.79. The van der Waals surface area contributed by atoms with Gasteiger partial charge in [-0.3, -0.25) is 4.79 Å². The zero-order chi connectivity index (χ0) is 18.7. The number of nitrogens with one attached hydrogen (secondary N) is 1. The maximum atomic E-state index is 12.5. The molecule has 2 heterocycles. The Morgan fingerprint density at radius 1 is 1.15 bits per heavy atom. The van der Waals surface area contributed by atoms with Gasteiger partial charge in [-0.15, -0.1) is 0 Å².